The molecule has 0 unspecified atom stereocenters. The molecule has 13 nitrogen and oxygen atoms in total. The standard InChI is InChI=1S/C27H23N3O10/c31-17-7-3-1-5-15(17)23-28-24(30(29-23)14-11-9-13(10-12-14)25(35)36)16-6-2-4-8-18(16)39-27-21(34)19(32)20(33)22(40-27)26(37)38/h1-12,19-22,27,31-34H,(H,35,36)(H,37,38)/t19-,20-,21+,22-,27+/m0/s1. The second-order valence-electron chi connectivity index (χ2n) is 8.89. The Balaban J connectivity index is 1.60. The molecule has 1 aliphatic rings. The Labute approximate surface area is 225 Å². The number of aromatic nitrogens is 3. The van der Waals surface area contributed by atoms with Crippen LogP contribution < -0.4 is 4.74 Å². The first-order valence-electron chi connectivity index (χ1n) is 11.9. The Morgan fingerprint density at radius 2 is 1.48 bits per heavy atom. The molecule has 1 aromatic heterocycles. The SMILES string of the molecule is O=C(O)c1ccc(-n2nc(-c3ccccc3O)nc2-c2ccccc2O[C@@H]2O[C@H](C(=O)O)[C@@H](O)[C@H](O)[C@H]2O)cc1. The summed E-state index contributed by atoms with van der Waals surface area (Å²) in [4.78, 5) is 27.5. The van der Waals surface area contributed by atoms with E-state index >= 15 is 0 Å². The second kappa shape index (κ2) is 10.7. The number of aromatic hydroxyl groups is 1. The Bertz CT molecular complexity index is 1550. The van der Waals surface area contributed by atoms with Gasteiger partial charge in [0.2, 0.25) is 6.29 Å². The first kappa shape index (κ1) is 26.8. The maximum absolute atomic E-state index is 11.5. The Kier molecular flexibility index (Phi) is 7.19. The summed E-state index contributed by atoms with van der Waals surface area (Å²) in [5, 5.41) is 64.2. The number of carboxylic acid groups (broad SMARTS) is 2. The van der Waals surface area contributed by atoms with Crippen molar-refractivity contribution in [3.63, 3.8) is 0 Å². The van der Waals surface area contributed by atoms with E-state index in [0.29, 0.717) is 16.8 Å². The molecule has 0 radical (unpaired) electrons. The largest absolute Gasteiger partial charge is 0.507 e. The molecule has 0 spiro atoms. The summed E-state index contributed by atoms with van der Waals surface area (Å²) in [5.74, 6) is -2.39. The summed E-state index contributed by atoms with van der Waals surface area (Å²) in [5.41, 5.74) is 1.08. The van der Waals surface area contributed by atoms with Crippen LogP contribution in [0, 0.1) is 0 Å². The number of ether oxygens (including phenoxy) is 2. The molecule has 0 bridgehead atoms. The zero-order chi connectivity index (χ0) is 28.6. The van der Waals surface area contributed by atoms with E-state index in [-0.39, 0.29) is 28.7 Å². The van der Waals surface area contributed by atoms with Crippen molar-refractivity contribution < 1.29 is 49.7 Å². The molecule has 6 N–H and O–H groups in total. The summed E-state index contributed by atoms with van der Waals surface area (Å²) in [6.07, 6.45) is -9.09. The summed E-state index contributed by atoms with van der Waals surface area (Å²) >= 11 is 0. The lowest BCUT2D eigenvalue weighted by molar-refractivity contribution is -0.271. The fraction of sp³-hybridized carbons (Fsp3) is 0.185. The van der Waals surface area contributed by atoms with Crippen LogP contribution in [0.1, 0.15) is 10.4 Å². The van der Waals surface area contributed by atoms with Crippen molar-refractivity contribution in [3.05, 3.63) is 78.4 Å². The number of para-hydroxylation sites is 2. The average Bonchev–Trinajstić information content (AvgIpc) is 3.38. The van der Waals surface area contributed by atoms with Gasteiger partial charge in [-0.15, -0.1) is 5.10 Å². The molecule has 4 aromatic rings. The van der Waals surface area contributed by atoms with E-state index in [2.05, 4.69) is 10.1 Å². The first-order valence-corrected chi connectivity index (χ1v) is 11.9. The quantitative estimate of drug-likeness (QED) is 0.193. The number of phenols is 1. The summed E-state index contributed by atoms with van der Waals surface area (Å²) < 4.78 is 12.5. The fourth-order valence-corrected chi connectivity index (χ4v) is 4.22. The number of phenolic OH excluding ortho intramolecular Hbond substituents is 1. The number of hydrogen-bond acceptors (Lipinski definition) is 10. The maximum atomic E-state index is 11.5. The van der Waals surface area contributed by atoms with Gasteiger partial charge in [0, 0.05) is 0 Å². The molecule has 2 heterocycles. The third-order valence-corrected chi connectivity index (χ3v) is 6.29. The van der Waals surface area contributed by atoms with Crippen molar-refractivity contribution in [2.45, 2.75) is 30.7 Å². The van der Waals surface area contributed by atoms with E-state index in [4.69, 9.17) is 9.47 Å². The number of aliphatic carboxylic acids is 1. The molecule has 40 heavy (non-hydrogen) atoms. The highest BCUT2D eigenvalue weighted by Gasteiger charge is 2.48. The molecule has 13 heteroatoms. The van der Waals surface area contributed by atoms with Crippen molar-refractivity contribution in [2.24, 2.45) is 0 Å². The third kappa shape index (κ3) is 4.97. The van der Waals surface area contributed by atoms with Crippen LogP contribution in [-0.4, -0.2) is 88.0 Å². The monoisotopic (exact) mass is 549 g/mol. The topological polar surface area (TPSA) is 205 Å². The highest BCUT2D eigenvalue weighted by molar-refractivity contribution is 5.87. The summed E-state index contributed by atoms with van der Waals surface area (Å²) in [6.45, 7) is 0. The van der Waals surface area contributed by atoms with Gasteiger partial charge in [0.15, 0.2) is 17.8 Å². The predicted octanol–water partition coefficient (Wildman–Crippen LogP) is 1.28. The van der Waals surface area contributed by atoms with Crippen LogP contribution in [0.5, 0.6) is 11.5 Å². The number of carbonyl (C=O) groups is 2. The smallest absolute Gasteiger partial charge is 0.335 e. The number of rotatable bonds is 7. The lowest BCUT2D eigenvalue weighted by atomic mass is 9.99. The number of aliphatic hydroxyl groups is 3. The molecule has 0 aliphatic carbocycles. The number of hydrogen-bond donors (Lipinski definition) is 6. The highest BCUT2D eigenvalue weighted by Crippen LogP contribution is 2.35. The van der Waals surface area contributed by atoms with Gasteiger partial charge < -0.3 is 40.1 Å². The second-order valence-corrected chi connectivity index (χ2v) is 8.89. The van der Waals surface area contributed by atoms with Gasteiger partial charge in [-0.25, -0.2) is 19.3 Å². The number of aromatic carboxylic acids is 1. The average molecular weight is 549 g/mol. The maximum Gasteiger partial charge on any atom is 0.335 e. The minimum atomic E-state index is -1.89. The predicted molar refractivity (Wildman–Crippen MR) is 136 cm³/mol. The summed E-state index contributed by atoms with van der Waals surface area (Å²) in [7, 11) is 0. The van der Waals surface area contributed by atoms with Gasteiger partial charge in [-0.2, -0.15) is 0 Å². The van der Waals surface area contributed by atoms with E-state index in [0.717, 1.165) is 0 Å². The van der Waals surface area contributed by atoms with Crippen LogP contribution in [0.2, 0.25) is 0 Å². The molecular formula is C27H23N3O10. The van der Waals surface area contributed by atoms with Crippen LogP contribution in [0.3, 0.4) is 0 Å². The molecule has 1 saturated heterocycles. The van der Waals surface area contributed by atoms with Crippen molar-refractivity contribution in [1.82, 2.24) is 14.8 Å². The lowest BCUT2D eigenvalue weighted by Gasteiger charge is -2.38. The van der Waals surface area contributed by atoms with E-state index in [1.54, 1.807) is 36.4 Å². The van der Waals surface area contributed by atoms with Crippen molar-refractivity contribution in [1.29, 1.82) is 0 Å². The van der Waals surface area contributed by atoms with Gasteiger partial charge in [-0.05, 0) is 48.5 Å². The number of benzene rings is 3. The van der Waals surface area contributed by atoms with E-state index in [9.17, 15) is 40.2 Å². The number of nitrogens with zero attached hydrogens (tertiary/aromatic N) is 3. The molecule has 5 atom stereocenters. The Morgan fingerprint density at radius 3 is 2.12 bits per heavy atom. The van der Waals surface area contributed by atoms with Gasteiger partial charge in [0.05, 0.1) is 22.4 Å². The van der Waals surface area contributed by atoms with Crippen LogP contribution >= 0.6 is 0 Å². The van der Waals surface area contributed by atoms with E-state index in [1.165, 1.54) is 41.1 Å². The molecule has 206 valence electrons. The fourth-order valence-electron chi connectivity index (χ4n) is 4.22. The van der Waals surface area contributed by atoms with Crippen LogP contribution in [0.15, 0.2) is 72.8 Å². The Morgan fingerprint density at radius 1 is 0.825 bits per heavy atom. The zero-order valence-electron chi connectivity index (χ0n) is 20.5. The zero-order valence-corrected chi connectivity index (χ0v) is 20.5. The minimum absolute atomic E-state index is 0.0484. The van der Waals surface area contributed by atoms with Crippen molar-refractivity contribution in [2.75, 3.05) is 0 Å². The van der Waals surface area contributed by atoms with Gasteiger partial charge in [-0.3, -0.25) is 0 Å². The van der Waals surface area contributed by atoms with E-state index < -0.39 is 42.6 Å². The number of carboxylic acids is 2. The van der Waals surface area contributed by atoms with Gasteiger partial charge in [0.25, 0.3) is 0 Å². The molecule has 1 aliphatic heterocycles. The third-order valence-electron chi connectivity index (χ3n) is 6.29. The van der Waals surface area contributed by atoms with Crippen molar-refractivity contribution in [3.8, 4) is 40.0 Å². The number of aliphatic hydroxyl groups excluding tert-OH is 3. The molecular weight excluding hydrogens is 526 g/mol. The molecule has 3 aromatic carbocycles. The van der Waals surface area contributed by atoms with Crippen LogP contribution in [0.4, 0.5) is 0 Å². The lowest BCUT2D eigenvalue weighted by Crippen LogP contribution is -2.61. The molecule has 0 amide bonds. The van der Waals surface area contributed by atoms with Gasteiger partial charge in [0.1, 0.15) is 29.8 Å². The van der Waals surface area contributed by atoms with E-state index in [1.807, 2.05) is 0 Å². The highest BCUT2D eigenvalue weighted by atomic mass is 16.7. The van der Waals surface area contributed by atoms with Crippen molar-refractivity contribution >= 4 is 11.9 Å². The van der Waals surface area contributed by atoms with Gasteiger partial charge in [-0.1, -0.05) is 24.3 Å². The van der Waals surface area contributed by atoms with Gasteiger partial charge >= 0.3 is 11.9 Å². The van der Waals surface area contributed by atoms with Crippen LogP contribution in [0.25, 0.3) is 28.5 Å². The normalized spacial score (nSPS) is 22.5. The first-order chi connectivity index (χ1) is 19.2. The molecule has 1 fully saturated rings. The summed E-state index contributed by atoms with van der Waals surface area (Å²) in [6, 6.07) is 18.6. The van der Waals surface area contributed by atoms with Crippen LogP contribution in [-0.2, 0) is 9.53 Å². The minimum Gasteiger partial charge on any atom is -0.507 e. The molecule has 0 saturated carbocycles. The molecule has 5 rings (SSSR count). The Hall–Kier alpha value is -4.82.